The minimum absolute atomic E-state index is 0.0302. The van der Waals surface area contributed by atoms with Crippen LogP contribution < -0.4 is 5.32 Å². The quantitative estimate of drug-likeness (QED) is 0.486. The van der Waals surface area contributed by atoms with Gasteiger partial charge in [0, 0.05) is 12.5 Å². The van der Waals surface area contributed by atoms with E-state index in [-0.39, 0.29) is 34.8 Å². The fourth-order valence-corrected chi connectivity index (χ4v) is 3.58. The first-order chi connectivity index (χ1) is 11.9. The number of aromatic nitrogens is 1. The molecule has 144 valence electrons. The van der Waals surface area contributed by atoms with Gasteiger partial charge in [-0.3, -0.25) is 9.59 Å². The highest BCUT2D eigenvalue weighted by molar-refractivity contribution is 6.29. The van der Waals surface area contributed by atoms with E-state index in [4.69, 9.17) is 16.3 Å². The summed E-state index contributed by atoms with van der Waals surface area (Å²) in [5.74, 6) is -1.52. The molecule has 0 radical (unpaired) electrons. The summed E-state index contributed by atoms with van der Waals surface area (Å²) in [6.07, 6.45) is 1.03. The van der Waals surface area contributed by atoms with Crippen LogP contribution in [0, 0.1) is 11.2 Å². The molecule has 1 aliphatic rings. The number of esters is 1. The van der Waals surface area contributed by atoms with Crippen LogP contribution in [0.15, 0.2) is 6.07 Å². The van der Waals surface area contributed by atoms with Crippen molar-refractivity contribution < 1.29 is 18.7 Å². The SMILES string of the molecule is CC(=O)c1cc(Cl)nc(CC2(C(=O)OC(C)(C)C)CCNC(C)C2)c1F. The lowest BCUT2D eigenvalue weighted by Gasteiger charge is -2.40. The van der Waals surface area contributed by atoms with Gasteiger partial charge in [0.2, 0.25) is 0 Å². The Hall–Kier alpha value is -1.53. The number of hydrogen-bond acceptors (Lipinski definition) is 5. The number of carbonyl (C=O) groups is 2. The molecule has 1 N–H and O–H groups in total. The van der Waals surface area contributed by atoms with Crippen LogP contribution in [0.5, 0.6) is 0 Å². The summed E-state index contributed by atoms with van der Waals surface area (Å²) in [6, 6.07) is 1.29. The zero-order valence-electron chi connectivity index (χ0n) is 15.9. The molecule has 26 heavy (non-hydrogen) atoms. The van der Waals surface area contributed by atoms with Crippen molar-refractivity contribution in [2.45, 2.75) is 65.5 Å². The topological polar surface area (TPSA) is 68.3 Å². The Labute approximate surface area is 158 Å². The van der Waals surface area contributed by atoms with Crippen molar-refractivity contribution in [2.24, 2.45) is 5.41 Å². The molecule has 0 bridgehead atoms. The molecule has 5 nitrogen and oxygen atoms in total. The van der Waals surface area contributed by atoms with Crippen molar-refractivity contribution in [1.29, 1.82) is 0 Å². The Morgan fingerprint density at radius 2 is 2.12 bits per heavy atom. The van der Waals surface area contributed by atoms with Gasteiger partial charge in [-0.05, 0) is 60.1 Å². The lowest BCUT2D eigenvalue weighted by Crippen LogP contribution is -2.50. The largest absolute Gasteiger partial charge is 0.460 e. The molecule has 7 heteroatoms. The summed E-state index contributed by atoms with van der Waals surface area (Å²) < 4.78 is 20.4. The van der Waals surface area contributed by atoms with Crippen molar-refractivity contribution in [3.63, 3.8) is 0 Å². The fraction of sp³-hybridized carbons (Fsp3) is 0.632. The number of piperidine rings is 1. The Balaban J connectivity index is 2.45. The van der Waals surface area contributed by atoms with E-state index in [2.05, 4.69) is 10.3 Å². The number of ether oxygens (including phenoxy) is 1. The van der Waals surface area contributed by atoms with E-state index in [9.17, 15) is 14.0 Å². The maximum absolute atomic E-state index is 14.8. The molecule has 2 unspecified atom stereocenters. The van der Waals surface area contributed by atoms with Gasteiger partial charge in [0.25, 0.3) is 0 Å². The predicted octanol–water partition coefficient (Wildman–Crippen LogP) is 3.72. The first-order valence-corrected chi connectivity index (χ1v) is 9.14. The minimum atomic E-state index is -0.912. The maximum Gasteiger partial charge on any atom is 0.313 e. The third-order valence-corrected chi connectivity index (χ3v) is 4.70. The molecule has 2 atom stereocenters. The van der Waals surface area contributed by atoms with Crippen LogP contribution in [0.2, 0.25) is 5.15 Å². The summed E-state index contributed by atoms with van der Waals surface area (Å²) >= 11 is 5.99. The van der Waals surface area contributed by atoms with E-state index in [1.54, 1.807) is 20.8 Å². The van der Waals surface area contributed by atoms with Crippen LogP contribution in [0.4, 0.5) is 4.39 Å². The second-order valence-electron chi connectivity index (χ2n) is 8.08. The third kappa shape index (κ3) is 4.80. The smallest absolute Gasteiger partial charge is 0.313 e. The highest BCUT2D eigenvalue weighted by Gasteiger charge is 2.45. The van der Waals surface area contributed by atoms with E-state index in [0.717, 1.165) is 0 Å². The van der Waals surface area contributed by atoms with Gasteiger partial charge in [0.1, 0.15) is 10.8 Å². The summed E-state index contributed by atoms with van der Waals surface area (Å²) in [4.78, 5) is 28.8. The van der Waals surface area contributed by atoms with Crippen molar-refractivity contribution in [3.05, 3.63) is 28.3 Å². The molecule has 0 amide bonds. The Morgan fingerprint density at radius 1 is 1.46 bits per heavy atom. The number of hydrogen-bond donors (Lipinski definition) is 1. The van der Waals surface area contributed by atoms with Gasteiger partial charge in [0.05, 0.1) is 16.7 Å². The lowest BCUT2D eigenvalue weighted by atomic mass is 9.72. The maximum atomic E-state index is 14.8. The van der Waals surface area contributed by atoms with E-state index in [1.165, 1.54) is 13.0 Å². The first-order valence-electron chi connectivity index (χ1n) is 8.76. The zero-order valence-corrected chi connectivity index (χ0v) is 16.7. The van der Waals surface area contributed by atoms with Gasteiger partial charge in [-0.2, -0.15) is 0 Å². The molecular weight excluding hydrogens is 359 g/mol. The monoisotopic (exact) mass is 384 g/mol. The van der Waals surface area contributed by atoms with E-state index >= 15 is 0 Å². The molecular formula is C19H26ClFN2O3. The molecule has 1 aliphatic heterocycles. The normalized spacial score (nSPS) is 23.6. The van der Waals surface area contributed by atoms with Gasteiger partial charge < -0.3 is 10.1 Å². The van der Waals surface area contributed by atoms with Crippen molar-refractivity contribution >= 4 is 23.4 Å². The third-order valence-electron chi connectivity index (χ3n) is 4.51. The molecule has 1 fully saturated rings. The molecule has 0 aliphatic carbocycles. The number of nitrogens with zero attached hydrogens (tertiary/aromatic N) is 1. The van der Waals surface area contributed by atoms with Gasteiger partial charge in [-0.25, -0.2) is 9.37 Å². The summed E-state index contributed by atoms with van der Waals surface area (Å²) in [5.41, 5.74) is -1.64. The van der Waals surface area contributed by atoms with Gasteiger partial charge in [0.15, 0.2) is 11.6 Å². The summed E-state index contributed by atoms with van der Waals surface area (Å²) in [6.45, 7) is 9.26. The Morgan fingerprint density at radius 3 is 2.65 bits per heavy atom. The van der Waals surface area contributed by atoms with Gasteiger partial charge in [-0.1, -0.05) is 11.6 Å². The van der Waals surface area contributed by atoms with Crippen molar-refractivity contribution in [1.82, 2.24) is 10.3 Å². The minimum Gasteiger partial charge on any atom is -0.460 e. The standard InChI is InChI=1S/C19H26ClFN2O3/c1-11-9-19(6-7-22-11,17(25)26-18(3,4)5)10-14-16(21)13(12(2)24)8-15(20)23-14/h8,11,22H,6-7,9-10H2,1-5H3. The lowest BCUT2D eigenvalue weighted by molar-refractivity contribution is -0.170. The van der Waals surface area contributed by atoms with Crippen LogP contribution in [0.3, 0.4) is 0 Å². The highest BCUT2D eigenvalue weighted by atomic mass is 35.5. The average Bonchev–Trinajstić information content (AvgIpc) is 2.48. The summed E-state index contributed by atoms with van der Waals surface area (Å²) in [5, 5.41) is 3.33. The van der Waals surface area contributed by atoms with Crippen molar-refractivity contribution in [3.8, 4) is 0 Å². The average molecular weight is 385 g/mol. The van der Waals surface area contributed by atoms with Crippen LogP contribution in [-0.4, -0.2) is 34.9 Å². The number of rotatable bonds is 4. The van der Waals surface area contributed by atoms with E-state index < -0.39 is 22.6 Å². The molecule has 0 spiro atoms. The predicted molar refractivity (Wildman–Crippen MR) is 97.9 cm³/mol. The number of nitrogens with one attached hydrogen (secondary N) is 1. The van der Waals surface area contributed by atoms with E-state index in [0.29, 0.717) is 19.4 Å². The van der Waals surface area contributed by atoms with Crippen LogP contribution in [-0.2, 0) is 16.0 Å². The molecule has 0 saturated carbocycles. The molecule has 1 aromatic rings. The van der Waals surface area contributed by atoms with Crippen LogP contribution in [0.1, 0.15) is 63.5 Å². The van der Waals surface area contributed by atoms with Crippen LogP contribution in [0.25, 0.3) is 0 Å². The fourth-order valence-electron chi connectivity index (χ4n) is 3.36. The molecule has 2 heterocycles. The number of ketones is 1. The number of halogens is 2. The second-order valence-corrected chi connectivity index (χ2v) is 8.46. The number of pyridine rings is 1. The Bertz CT molecular complexity index is 717. The first kappa shape index (κ1) is 20.8. The Kier molecular flexibility index (Phi) is 6.08. The summed E-state index contributed by atoms with van der Waals surface area (Å²) in [7, 11) is 0. The molecule has 2 rings (SSSR count). The molecule has 1 saturated heterocycles. The number of carbonyl (C=O) groups excluding carboxylic acids is 2. The number of Topliss-reactive ketones (excluding diaryl/α,β-unsaturated/α-hetero) is 1. The highest BCUT2D eigenvalue weighted by Crippen LogP contribution is 2.38. The zero-order chi connectivity index (χ0) is 19.7. The van der Waals surface area contributed by atoms with Gasteiger partial charge in [-0.15, -0.1) is 0 Å². The van der Waals surface area contributed by atoms with Crippen molar-refractivity contribution in [2.75, 3.05) is 6.54 Å². The van der Waals surface area contributed by atoms with Gasteiger partial charge >= 0.3 is 5.97 Å². The van der Waals surface area contributed by atoms with Crippen LogP contribution >= 0.6 is 11.6 Å². The van der Waals surface area contributed by atoms with E-state index in [1.807, 2.05) is 6.92 Å². The molecule has 1 aromatic heterocycles. The molecule has 0 aromatic carbocycles. The second kappa shape index (κ2) is 7.61.